The van der Waals surface area contributed by atoms with Crippen LogP contribution in [-0.4, -0.2) is 36.4 Å². The van der Waals surface area contributed by atoms with Gasteiger partial charge in [-0.2, -0.15) is 0 Å². The van der Waals surface area contributed by atoms with Crippen LogP contribution in [0.3, 0.4) is 0 Å². The van der Waals surface area contributed by atoms with Gasteiger partial charge in [0.15, 0.2) is 0 Å². The smallest absolute Gasteiger partial charge is 0.302 e. The van der Waals surface area contributed by atoms with Gasteiger partial charge in [0.05, 0.1) is 11.7 Å². The molecule has 2 heterocycles. The lowest BCUT2D eigenvalue weighted by Gasteiger charge is -2.54. The number of hydrogen-bond acceptors (Lipinski definition) is 4. The Labute approximate surface area is 207 Å². The highest BCUT2D eigenvalue weighted by molar-refractivity contribution is 5.66. The molecule has 0 amide bonds. The molecule has 4 heteroatoms. The molecule has 6 rings (SSSR count). The second-order valence-corrected chi connectivity index (χ2v) is 14.1. The zero-order chi connectivity index (χ0) is 23.8. The number of ether oxygens (including phenoxy) is 2. The SMILES string of the molecule is CC(=O)O[C@@H]1CCC2(C)C(CCC3C4CC[C@@]5(CC(C)C4C[C@@H]32)OC2C[C@H](C)CN[C@H]2[C@H]5C)C1. The van der Waals surface area contributed by atoms with Crippen molar-refractivity contribution in [2.75, 3.05) is 6.54 Å². The van der Waals surface area contributed by atoms with Crippen LogP contribution in [0.2, 0.25) is 0 Å². The van der Waals surface area contributed by atoms with Crippen molar-refractivity contribution in [3.8, 4) is 0 Å². The van der Waals surface area contributed by atoms with Gasteiger partial charge in [-0.05, 0) is 118 Å². The lowest BCUT2D eigenvalue weighted by Crippen LogP contribution is -2.49. The van der Waals surface area contributed by atoms with Gasteiger partial charge in [0.25, 0.3) is 0 Å². The number of rotatable bonds is 1. The molecule has 0 aromatic carbocycles. The number of piperidine rings is 1. The Morgan fingerprint density at radius 2 is 1.79 bits per heavy atom. The van der Waals surface area contributed by atoms with Crippen molar-refractivity contribution in [3.63, 3.8) is 0 Å². The van der Waals surface area contributed by atoms with Crippen molar-refractivity contribution in [1.29, 1.82) is 0 Å². The van der Waals surface area contributed by atoms with Crippen molar-refractivity contribution < 1.29 is 14.3 Å². The Hall–Kier alpha value is -0.610. The standard InChI is InChI=1S/C30H49NO3/c1-17-12-27-28(31-16-17)19(3)30(34-27)11-9-23-24-7-6-21-13-22(33-20(4)32)8-10-29(21,5)26(24)14-25(23)18(2)15-30/h17-19,21-28,31H,6-16H2,1-5H3/t17-,18?,19+,21?,22+,23?,24?,25?,26-,27?,28-,29?,30-/m0/s1. The predicted octanol–water partition coefficient (Wildman–Crippen LogP) is 5.98. The summed E-state index contributed by atoms with van der Waals surface area (Å²) in [4.78, 5) is 11.6. The molecule has 7 unspecified atom stereocenters. The third-order valence-corrected chi connectivity index (χ3v) is 12.4. The van der Waals surface area contributed by atoms with Crippen molar-refractivity contribution in [3.05, 3.63) is 0 Å². The molecule has 0 bridgehead atoms. The van der Waals surface area contributed by atoms with E-state index >= 15 is 0 Å². The van der Waals surface area contributed by atoms with E-state index in [1.807, 2.05) is 0 Å². The minimum atomic E-state index is -0.0963. The molecule has 2 aliphatic heterocycles. The fourth-order valence-corrected chi connectivity index (χ4v) is 10.7. The summed E-state index contributed by atoms with van der Waals surface area (Å²) in [5.41, 5.74) is 0.560. The summed E-state index contributed by atoms with van der Waals surface area (Å²) in [6, 6.07) is 0.566. The van der Waals surface area contributed by atoms with Crippen LogP contribution < -0.4 is 5.32 Å². The van der Waals surface area contributed by atoms with Gasteiger partial charge >= 0.3 is 5.97 Å². The zero-order valence-electron chi connectivity index (χ0n) is 22.4. The maximum Gasteiger partial charge on any atom is 0.302 e. The van der Waals surface area contributed by atoms with Crippen LogP contribution in [0.5, 0.6) is 0 Å². The van der Waals surface area contributed by atoms with E-state index in [-0.39, 0.29) is 17.7 Å². The van der Waals surface area contributed by atoms with Gasteiger partial charge in [-0.25, -0.2) is 0 Å². The lowest BCUT2D eigenvalue weighted by atomic mass is 9.52. The molecule has 34 heavy (non-hydrogen) atoms. The fraction of sp³-hybridized carbons (Fsp3) is 0.967. The average molecular weight is 472 g/mol. The van der Waals surface area contributed by atoms with Crippen molar-refractivity contribution in [2.24, 2.45) is 52.8 Å². The number of carbonyl (C=O) groups is 1. The maximum atomic E-state index is 11.6. The highest BCUT2D eigenvalue weighted by atomic mass is 16.5. The van der Waals surface area contributed by atoms with E-state index in [9.17, 15) is 4.79 Å². The largest absolute Gasteiger partial charge is 0.463 e. The second-order valence-electron chi connectivity index (χ2n) is 14.1. The topological polar surface area (TPSA) is 47.6 Å². The summed E-state index contributed by atoms with van der Waals surface area (Å²) in [5.74, 6) is 6.33. The molecule has 4 saturated carbocycles. The van der Waals surface area contributed by atoms with E-state index in [0.29, 0.717) is 23.5 Å². The van der Waals surface area contributed by atoms with Gasteiger partial charge in [-0.15, -0.1) is 0 Å². The van der Waals surface area contributed by atoms with Crippen molar-refractivity contribution >= 4 is 5.97 Å². The molecule has 192 valence electrons. The summed E-state index contributed by atoms with van der Waals surface area (Å²) in [6.45, 7) is 12.8. The van der Waals surface area contributed by atoms with Crippen LogP contribution in [-0.2, 0) is 14.3 Å². The van der Waals surface area contributed by atoms with Crippen molar-refractivity contribution in [1.82, 2.24) is 5.32 Å². The van der Waals surface area contributed by atoms with Gasteiger partial charge in [0.1, 0.15) is 6.10 Å². The quantitative estimate of drug-likeness (QED) is 0.478. The first-order valence-electron chi connectivity index (χ1n) is 14.8. The number of esters is 1. The van der Waals surface area contributed by atoms with Gasteiger partial charge < -0.3 is 14.8 Å². The highest BCUT2D eigenvalue weighted by Gasteiger charge is 2.61. The molecular weight excluding hydrogens is 422 g/mol. The first kappa shape index (κ1) is 23.8. The summed E-state index contributed by atoms with van der Waals surface area (Å²) >= 11 is 0. The molecule has 6 fully saturated rings. The van der Waals surface area contributed by atoms with E-state index < -0.39 is 0 Å². The number of carbonyl (C=O) groups excluding carboxylic acids is 1. The summed E-state index contributed by atoms with van der Waals surface area (Å²) in [7, 11) is 0. The Morgan fingerprint density at radius 3 is 2.59 bits per heavy atom. The molecule has 0 aromatic rings. The summed E-state index contributed by atoms with van der Waals surface area (Å²) < 4.78 is 12.8. The highest BCUT2D eigenvalue weighted by Crippen LogP contribution is 2.66. The molecular formula is C30H49NO3. The zero-order valence-corrected chi connectivity index (χ0v) is 22.4. The second kappa shape index (κ2) is 8.47. The summed E-state index contributed by atoms with van der Waals surface area (Å²) in [5, 5.41) is 3.88. The van der Waals surface area contributed by atoms with Crippen molar-refractivity contribution in [2.45, 2.75) is 123 Å². The first-order valence-corrected chi connectivity index (χ1v) is 14.8. The number of hydrogen-bond donors (Lipinski definition) is 1. The summed E-state index contributed by atoms with van der Waals surface area (Å²) in [6.07, 6.45) is 13.4. The third-order valence-electron chi connectivity index (χ3n) is 12.4. The Morgan fingerprint density at radius 1 is 0.971 bits per heavy atom. The van der Waals surface area contributed by atoms with E-state index in [0.717, 1.165) is 60.8 Å². The molecule has 0 radical (unpaired) electrons. The average Bonchev–Trinajstić information content (AvgIpc) is 3.24. The van der Waals surface area contributed by atoms with Gasteiger partial charge in [-0.1, -0.05) is 27.7 Å². The minimum Gasteiger partial charge on any atom is -0.463 e. The predicted molar refractivity (Wildman–Crippen MR) is 134 cm³/mol. The molecule has 1 spiro atoms. The lowest BCUT2D eigenvalue weighted by molar-refractivity contribution is -0.154. The molecule has 6 aliphatic rings. The van der Waals surface area contributed by atoms with E-state index in [2.05, 4.69) is 33.0 Å². The van der Waals surface area contributed by atoms with Crippen LogP contribution >= 0.6 is 0 Å². The normalized spacial score (nSPS) is 56.7. The van der Waals surface area contributed by atoms with Gasteiger partial charge in [-0.3, -0.25) is 4.79 Å². The van der Waals surface area contributed by atoms with E-state index in [4.69, 9.17) is 9.47 Å². The molecule has 0 aromatic heterocycles. The van der Waals surface area contributed by atoms with Crippen LogP contribution in [0.25, 0.3) is 0 Å². The maximum absolute atomic E-state index is 11.6. The number of fused-ring (bicyclic) bond motifs is 6. The van der Waals surface area contributed by atoms with Crippen LogP contribution in [0, 0.1) is 52.8 Å². The van der Waals surface area contributed by atoms with Crippen LogP contribution in [0.15, 0.2) is 0 Å². The first-order chi connectivity index (χ1) is 16.2. The Kier molecular flexibility index (Phi) is 5.92. The Balaban J connectivity index is 1.18. The molecule has 1 N–H and O–H groups in total. The van der Waals surface area contributed by atoms with Gasteiger partial charge in [0, 0.05) is 18.9 Å². The molecule has 4 aliphatic carbocycles. The minimum absolute atomic E-state index is 0.0963. The van der Waals surface area contributed by atoms with Crippen LogP contribution in [0.4, 0.5) is 0 Å². The fourth-order valence-electron chi connectivity index (χ4n) is 10.7. The van der Waals surface area contributed by atoms with Gasteiger partial charge in [0.2, 0.25) is 0 Å². The number of nitrogens with one attached hydrogen (secondary N) is 1. The van der Waals surface area contributed by atoms with E-state index in [1.165, 1.54) is 51.4 Å². The monoisotopic (exact) mass is 471 g/mol. The van der Waals surface area contributed by atoms with E-state index in [1.54, 1.807) is 6.92 Å². The molecule has 4 nitrogen and oxygen atoms in total. The van der Waals surface area contributed by atoms with Crippen LogP contribution in [0.1, 0.15) is 98.8 Å². The Bertz CT molecular complexity index is 800. The molecule has 2 saturated heterocycles. The molecule has 13 atom stereocenters. The third kappa shape index (κ3) is 3.63.